The van der Waals surface area contributed by atoms with Gasteiger partial charge in [-0.1, -0.05) is 25.7 Å². The summed E-state index contributed by atoms with van der Waals surface area (Å²) in [5.74, 6) is 1.32. The Kier molecular flexibility index (Phi) is 5.28. The van der Waals surface area contributed by atoms with Crippen LogP contribution in [0.2, 0.25) is 0 Å². The van der Waals surface area contributed by atoms with Gasteiger partial charge in [-0.25, -0.2) is 4.79 Å². The van der Waals surface area contributed by atoms with Gasteiger partial charge < -0.3 is 10.2 Å². The predicted octanol–water partition coefficient (Wildman–Crippen LogP) is 3.18. The maximum absolute atomic E-state index is 11.8. The number of hydrogen-bond acceptors (Lipinski definition) is 4. The molecule has 0 bridgehead atoms. The summed E-state index contributed by atoms with van der Waals surface area (Å²) in [4.78, 5) is 13.7. The van der Waals surface area contributed by atoms with Crippen molar-refractivity contribution in [2.75, 3.05) is 19.6 Å². The van der Waals surface area contributed by atoms with Crippen molar-refractivity contribution in [1.82, 2.24) is 20.4 Å². The molecule has 1 saturated carbocycles. The standard InChI is InChI=1S/C16H26N4OS/c1-2-17-16(21)20-9-7-13(8-10-20)15-19-18-14(22-15)11-12-5-3-4-6-12/h12-13H,2-11H2,1H3,(H,17,21). The first-order chi connectivity index (χ1) is 10.8. The molecule has 1 aromatic rings. The molecule has 3 rings (SSSR count). The lowest BCUT2D eigenvalue weighted by atomic mass is 9.98. The average molecular weight is 322 g/mol. The third-order valence-corrected chi connectivity index (χ3v) is 5.99. The molecule has 0 spiro atoms. The van der Waals surface area contributed by atoms with E-state index >= 15 is 0 Å². The van der Waals surface area contributed by atoms with Gasteiger partial charge in [0.1, 0.15) is 10.0 Å². The summed E-state index contributed by atoms with van der Waals surface area (Å²) in [6, 6.07) is 0.0696. The molecule has 1 aliphatic carbocycles. The minimum atomic E-state index is 0.0696. The van der Waals surface area contributed by atoms with Crippen LogP contribution < -0.4 is 5.32 Å². The normalized spacial score (nSPS) is 20.5. The highest BCUT2D eigenvalue weighted by molar-refractivity contribution is 7.11. The van der Waals surface area contributed by atoms with Gasteiger partial charge in [0.25, 0.3) is 0 Å². The van der Waals surface area contributed by atoms with Gasteiger partial charge in [0.05, 0.1) is 0 Å². The Morgan fingerprint density at radius 2 is 1.95 bits per heavy atom. The maximum Gasteiger partial charge on any atom is 0.317 e. The van der Waals surface area contributed by atoms with E-state index in [0.29, 0.717) is 12.5 Å². The number of urea groups is 1. The van der Waals surface area contributed by atoms with E-state index in [0.717, 1.165) is 38.3 Å². The molecule has 1 N–H and O–H groups in total. The zero-order valence-electron chi connectivity index (χ0n) is 13.4. The maximum atomic E-state index is 11.8. The Morgan fingerprint density at radius 1 is 1.23 bits per heavy atom. The quantitative estimate of drug-likeness (QED) is 0.926. The van der Waals surface area contributed by atoms with Gasteiger partial charge in [0.2, 0.25) is 0 Å². The number of rotatable bonds is 4. The number of piperidine rings is 1. The van der Waals surface area contributed by atoms with Crippen molar-refractivity contribution < 1.29 is 4.79 Å². The molecule has 0 aromatic carbocycles. The van der Waals surface area contributed by atoms with Gasteiger partial charge in [-0.2, -0.15) is 0 Å². The van der Waals surface area contributed by atoms with E-state index in [4.69, 9.17) is 0 Å². The molecule has 2 aliphatic rings. The van der Waals surface area contributed by atoms with Crippen molar-refractivity contribution in [1.29, 1.82) is 0 Å². The summed E-state index contributed by atoms with van der Waals surface area (Å²) in [6.45, 7) is 4.31. The Bertz CT molecular complexity index is 490. The number of carbonyl (C=O) groups excluding carboxylic acids is 1. The van der Waals surface area contributed by atoms with Crippen molar-refractivity contribution in [3.05, 3.63) is 10.0 Å². The third-order valence-electron chi connectivity index (χ3n) is 4.88. The summed E-state index contributed by atoms with van der Waals surface area (Å²) in [5, 5.41) is 14.1. The Morgan fingerprint density at radius 3 is 2.64 bits per heavy atom. The summed E-state index contributed by atoms with van der Waals surface area (Å²) in [5.41, 5.74) is 0. The molecule has 2 amide bonds. The number of aromatic nitrogens is 2. The van der Waals surface area contributed by atoms with E-state index in [1.165, 1.54) is 35.7 Å². The lowest BCUT2D eigenvalue weighted by molar-refractivity contribution is 0.182. The second-order valence-electron chi connectivity index (χ2n) is 6.49. The second kappa shape index (κ2) is 7.40. The van der Waals surface area contributed by atoms with Crippen LogP contribution in [0.25, 0.3) is 0 Å². The van der Waals surface area contributed by atoms with Crippen LogP contribution in [-0.2, 0) is 6.42 Å². The average Bonchev–Trinajstić information content (AvgIpc) is 3.20. The van der Waals surface area contributed by atoms with E-state index in [-0.39, 0.29) is 6.03 Å². The van der Waals surface area contributed by atoms with E-state index in [9.17, 15) is 4.79 Å². The number of amides is 2. The van der Waals surface area contributed by atoms with E-state index in [1.54, 1.807) is 11.3 Å². The van der Waals surface area contributed by atoms with E-state index in [2.05, 4.69) is 15.5 Å². The summed E-state index contributed by atoms with van der Waals surface area (Å²) in [7, 11) is 0. The fourth-order valence-electron chi connectivity index (χ4n) is 3.57. The highest BCUT2D eigenvalue weighted by Gasteiger charge is 2.26. The van der Waals surface area contributed by atoms with E-state index in [1.807, 2.05) is 11.8 Å². The molecule has 1 aliphatic heterocycles. The van der Waals surface area contributed by atoms with Crippen molar-refractivity contribution in [3.63, 3.8) is 0 Å². The molecule has 1 aromatic heterocycles. The Labute approximate surface area is 136 Å². The van der Waals surface area contributed by atoms with Gasteiger partial charge in [-0.15, -0.1) is 21.5 Å². The zero-order chi connectivity index (χ0) is 15.4. The number of nitrogens with zero attached hydrogens (tertiary/aromatic N) is 3. The molecule has 2 fully saturated rings. The fourth-order valence-corrected chi connectivity index (χ4v) is 4.69. The molecule has 5 nitrogen and oxygen atoms in total. The minimum absolute atomic E-state index is 0.0696. The van der Waals surface area contributed by atoms with Crippen molar-refractivity contribution >= 4 is 17.4 Å². The topological polar surface area (TPSA) is 58.1 Å². The number of likely N-dealkylation sites (tertiary alicyclic amines) is 1. The Balaban J connectivity index is 1.50. The molecule has 6 heteroatoms. The van der Waals surface area contributed by atoms with Crippen LogP contribution in [0, 0.1) is 5.92 Å². The van der Waals surface area contributed by atoms with Crippen LogP contribution in [0.15, 0.2) is 0 Å². The molecular weight excluding hydrogens is 296 g/mol. The lowest BCUT2D eigenvalue weighted by Crippen LogP contribution is -2.44. The van der Waals surface area contributed by atoms with Crippen LogP contribution in [0.1, 0.15) is 61.4 Å². The van der Waals surface area contributed by atoms with Crippen LogP contribution in [0.4, 0.5) is 4.79 Å². The number of hydrogen-bond donors (Lipinski definition) is 1. The molecule has 0 radical (unpaired) electrons. The third kappa shape index (κ3) is 3.77. The highest BCUT2D eigenvalue weighted by Crippen LogP contribution is 2.33. The smallest absolute Gasteiger partial charge is 0.317 e. The summed E-state index contributed by atoms with van der Waals surface area (Å²) in [6.07, 6.45) is 8.63. The summed E-state index contributed by atoms with van der Waals surface area (Å²) < 4.78 is 0. The zero-order valence-corrected chi connectivity index (χ0v) is 14.2. The van der Waals surface area contributed by atoms with Crippen LogP contribution in [0.3, 0.4) is 0 Å². The molecular formula is C16H26N4OS. The number of nitrogens with one attached hydrogen (secondary N) is 1. The molecule has 0 unspecified atom stereocenters. The van der Waals surface area contributed by atoms with Crippen LogP contribution in [0.5, 0.6) is 0 Å². The van der Waals surface area contributed by atoms with Gasteiger partial charge >= 0.3 is 6.03 Å². The van der Waals surface area contributed by atoms with Gasteiger partial charge in [-0.05, 0) is 25.7 Å². The van der Waals surface area contributed by atoms with Gasteiger partial charge in [0, 0.05) is 32.0 Å². The van der Waals surface area contributed by atoms with Gasteiger partial charge in [-0.3, -0.25) is 0 Å². The first kappa shape index (κ1) is 15.7. The lowest BCUT2D eigenvalue weighted by Gasteiger charge is -2.30. The predicted molar refractivity (Wildman–Crippen MR) is 88.2 cm³/mol. The first-order valence-corrected chi connectivity index (χ1v) is 9.43. The minimum Gasteiger partial charge on any atom is -0.338 e. The first-order valence-electron chi connectivity index (χ1n) is 8.61. The van der Waals surface area contributed by atoms with Crippen molar-refractivity contribution in [3.8, 4) is 0 Å². The molecule has 22 heavy (non-hydrogen) atoms. The van der Waals surface area contributed by atoms with E-state index < -0.39 is 0 Å². The molecule has 122 valence electrons. The molecule has 1 saturated heterocycles. The van der Waals surface area contributed by atoms with Crippen molar-refractivity contribution in [2.24, 2.45) is 5.92 Å². The summed E-state index contributed by atoms with van der Waals surface area (Å²) >= 11 is 1.80. The van der Waals surface area contributed by atoms with Crippen molar-refractivity contribution in [2.45, 2.75) is 57.8 Å². The number of carbonyl (C=O) groups is 1. The van der Waals surface area contributed by atoms with Crippen LogP contribution in [-0.4, -0.2) is 40.8 Å². The highest BCUT2D eigenvalue weighted by atomic mass is 32.1. The fraction of sp³-hybridized carbons (Fsp3) is 0.812. The molecule has 0 atom stereocenters. The second-order valence-corrected chi connectivity index (χ2v) is 7.58. The Hall–Kier alpha value is -1.17. The van der Waals surface area contributed by atoms with Crippen LogP contribution >= 0.6 is 11.3 Å². The monoisotopic (exact) mass is 322 g/mol. The van der Waals surface area contributed by atoms with Gasteiger partial charge in [0.15, 0.2) is 0 Å². The largest absolute Gasteiger partial charge is 0.338 e. The molecule has 2 heterocycles. The SMILES string of the molecule is CCNC(=O)N1CCC(c2nnc(CC3CCCC3)s2)CC1.